The summed E-state index contributed by atoms with van der Waals surface area (Å²) in [6, 6.07) is 7.63. The summed E-state index contributed by atoms with van der Waals surface area (Å²) >= 11 is 0. The van der Waals surface area contributed by atoms with E-state index in [4.69, 9.17) is 0 Å². The van der Waals surface area contributed by atoms with Crippen LogP contribution in [0.25, 0.3) is 0 Å². The van der Waals surface area contributed by atoms with E-state index in [-0.39, 0.29) is 18.4 Å². The molecule has 1 aromatic carbocycles. The maximum absolute atomic E-state index is 11.9. The monoisotopic (exact) mass is 303 g/mol. The highest BCUT2D eigenvalue weighted by atomic mass is 16.2. The van der Waals surface area contributed by atoms with Gasteiger partial charge in [-0.1, -0.05) is 29.8 Å². The molecule has 118 valence electrons. The molecule has 0 aromatic heterocycles. The average molecular weight is 303 g/mol. The first-order valence-electron chi connectivity index (χ1n) is 7.45. The highest BCUT2D eigenvalue weighted by Gasteiger charge is 2.24. The van der Waals surface area contributed by atoms with Crippen LogP contribution in [0.5, 0.6) is 0 Å². The smallest absolute Gasteiger partial charge is 0.315 e. The quantitative estimate of drug-likeness (QED) is 0.699. The summed E-state index contributed by atoms with van der Waals surface area (Å²) in [4.78, 5) is 35.3. The topological polar surface area (TPSA) is 87.3 Å². The minimum absolute atomic E-state index is 0.199. The van der Waals surface area contributed by atoms with Crippen molar-refractivity contribution < 1.29 is 14.4 Å². The zero-order chi connectivity index (χ0) is 15.9. The second kappa shape index (κ2) is 7.70. The van der Waals surface area contributed by atoms with Crippen LogP contribution >= 0.6 is 0 Å². The van der Waals surface area contributed by atoms with Gasteiger partial charge in [-0.2, -0.15) is 0 Å². The maximum Gasteiger partial charge on any atom is 0.315 e. The van der Waals surface area contributed by atoms with Gasteiger partial charge in [0.2, 0.25) is 5.91 Å². The van der Waals surface area contributed by atoms with Crippen molar-refractivity contribution in [2.75, 3.05) is 13.1 Å². The van der Waals surface area contributed by atoms with Crippen molar-refractivity contribution in [1.82, 2.24) is 16.0 Å². The molecule has 0 unspecified atom stereocenters. The molecule has 1 heterocycles. The molecular weight excluding hydrogens is 282 g/mol. The predicted molar refractivity (Wildman–Crippen MR) is 81.8 cm³/mol. The van der Waals surface area contributed by atoms with E-state index >= 15 is 0 Å². The second-order valence-electron chi connectivity index (χ2n) is 5.51. The van der Waals surface area contributed by atoms with Crippen LogP contribution < -0.4 is 16.0 Å². The fraction of sp³-hybridized carbons (Fsp3) is 0.438. The van der Waals surface area contributed by atoms with E-state index in [0.29, 0.717) is 12.8 Å². The molecule has 1 aliphatic heterocycles. The van der Waals surface area contributed by atoms with Crippen LogP contribution in [0.1, 0.15) is 24.0 Å². The van der Waals surface area contributed by atoms with Gasteiger partial charge in [-0.05, 0) is 38.4 Å². The van der Waals surface area contributed by atoms with Crippen LogP contribution in [0, 0.1) is 12.8 Å². The van der Waals surface area contributed by atoms with E-state index < -0.39 is 11.8 Å². The third-order valence-electron chi connectivity index (χ3n) is 3.73. The predicted octanol–water partition coefficient (Wildman–Crippen LogP) is 0.254. The van der Waals surface area contributed by atoms with Gasteiger partial charge in [-0.25, -0.2) is 0 Å². The molecule has 1 aromatic rings. The van der Waals surface area contributed by atoms with Gasteiger partial charge in [0.05, 0.1) is 0 Å². The molecular formula is C16H21N3O3. The summed E-state index contributed by atoms with van der Waals surface area (Å²) in [6.07, 6.45) is 1.37. The largest absolute Gasteiger partial charge is 0.344 e. The number of piperidine rings is 1. The van der Waals surface area contributed by atoms with E-state index in [2.05, 4.69) is 16.0 Å². The fourth-order valence-electron chi connectivity index (χ4n) is 2.32. The van der Waals surface area contributed by atoms with Crippen LogP contribution in [0.2, 0.25) is 0 Å². The molecule has 6 nitrogen and oxygen atoms in total. The number of hydrogen-bond donors (Lipinski definition) is 3. The van der Waals surface area contributed by atoms with E-state index in [1.807, 2.05) is 31.2 Å². The second-order valence-corrected chi connectivity index (χ2v) is 5.51. The van der Waals surface area contributed by atoms with Crippen LogP contribution in [0.4, 0.5) is 0 Å². The number of carbonyl (C=O) groups excluding carboxylic acids is 3. The van der Waals surface area contributed by atoms with Gasteiger partial charge in [0.15, 0.2) is 0 Å². The number of rotatable bonds is 3. The number of imide groups is 1. The van der Waals surface area contributed by atoms with Crippen LogP contribution in [-0.4, -0.2) is 30.8 Å². The minimum atomic E-state index is -0.893. The Kier molecular flexibility index (Phi) is 5.66. The van der Waals surface area contributed by atoms with Gasteiger partial charge < -0.3 is 10.6 Å². The molecule has 2 rings (SSSR count). The summed E-state index contributed by atoms with van der Waals surface area (Å²) in [7, 11) is 0. The first-order chi connectivity index (χ1) is 10.6. The zero-order valence-corrected chi connectivity index (χ0v) is 12.6. The highest BCUT2D eigenvalue weighted by Crippen LogP contribution is 2.11. The minimum Gasteiger partial charge on any atom is -0.344 e. The van der Waals surface area contributed by atoms with Crippen molar-refractivity contribution in [1.29, 1.82) is 0 Å². The molecule has 3 N–H and O–H groups in total. The van der Waals surface area contributed by atoms with Gasteiger partial charge in [0.1, 0.15) is 0 Å². The summed E-state index contributed by atoms with van der Waals surface area (Å²) < 4.78 is 0. The van der Waals surface area contributed by atoms with Gasteiger partial charge in [-0.3, -0.25) is 19.7 Å². The Bertz CT molecular complexity index is 548. The number of benzene rings is 1. The Balaban J connectivity index is 1.77. The molecule has 1 aliphatic rings. The number of hydrogen-bond acceptors (Lipinski definition) is 4. The van der Waals surface area contributed by atoms with Crippen LogP contribution in [-0.2, 0) is 20.9 Å². The standard InChI is InChI=1S/C16H21N3O3/c1-11-2-4-12(5-3-11)10-18-15(21)16(22)19-14(20)13-6-8-17-9-7-13/h2-5,13,17H,6-10H2,1H3,(H,18,21)(H,19,20,22). The summed E-state index contributed by atoms with van der Waals surface area (Å²) in [5.74, 6) is -2.24. The Hall–Kier alpha value is -2.21. The molecule has 0 atom stereocenters. The van der Waals surface area contributed by atoms with Gasteiger partial charge in [0, 0.05) is 12.5 Å². The normalized spacial score (nSPS) is 15.1. The van der Waals surface area contributed by atoms with Gasteiger partial charge in [-0.15, -0.1) is 0 Å². The number of carbonyl (C=O) groups is 3. The number of amides is 3. The molecule has 1 fully saturated rings. The lowest BCUT2D eigenvalue weighted by Gasteiger charge is -2.21. The van der Waals surface area contributed by atoms with E-state index in [9.17, 15) is 14.4 Å². The molecule has 0 aliphatic carbocycles. The van der Waals surface area contributed by atoms with Crippen molar-refractivity contribution in [2.24, 2.45) is 5.92 Å². The van der Waals surface area contributed by atoms with Crippen molar-refractivity contribution in [3.63, 3.8) is 0 Å². The van der Waals surface area contributed by atoms with Gasteiger partial charge >= 0.3 is 11.8 Å². The first-order valence-corrected chi connectivity index (χ1v) is 7.45. The Morgan fingerprint density at radius 3 is 2.36 bits per heavy atom. The molecule has 3 amide bonds. The maximum atomic E-state index is 11.9. The molecule has 22 heavy (non-hydrogen) atoms. The third-order valence-corrected chi connectivity index (χ3v) is 3.73. The van der Waals surface area contributed by atoms with E-state index in [1.54, 1.807) is 0 Å². The van der Waals surface area contributed by atoms with Crippen molar-refractivity contribution >= 4 is 17.7 Å². The molecule has 0 saturated carbocycles. The third kappa shape index (κ3) is 4.66. The molecule has 6 heteroatoms. The SMILES string of the molecule is Cc1ccc(CNC(=O)C(=O)NC(=O)C2CCNCC2)cc1. The lowest BCUT2D eigenvalue weighted by molar-refractivity contribution is -0.143. The Morgan fingerprint density at radius 2 is 1.73 bits per heavy atom. The lowest BCUT2D eigenvalue weighted by atomic mass is 9.97. The summed E-state index contributed by atoms with van der Waals surface area (Å²) in [5, 5.41) is 7.83. The van der Waals surface area contributed by atoms with Crippen molar-refractivity contribution in [2.45, 2.75) is 26.3 Å². The summed E-state index contributed by atoms with van der Waals surface area (Å²) in [5.41, 5.74) is 2.02. The van der Waals surface area contributed by atoms with E-state index in [0.717, 1.165) is 24.2 Å². The molecule has 0 spiro atoms. The number of aryl methyl sites for hydroxylation is 1. The van der Waals surface area contributed by atoms with Crippen molar-refractivity contribution in [3.8, 4) is 0 Å². The molecule has 1 saturated heterocycles. The average Bonchev–Trinajstić information content (AvgIpc) is 2.54. The van der Waals surface area contributed by atoms with Crippen LogP contribution in [0.15, 0.2) is 24.3 Å². The van der Waals surface area contributed by atoms with Crippen molar-refractivity contribution in [3.05, 3.63) is 35.4 Å². The van der Waals surface area contributed by atoms with Gasteiger partial charge in [0.25, 0.3) is 0 Å². The van der Waals surface area contributed by atoms with Crippen LogP contribution in [0.3, 0.4) is 0 Å². The Labute approximate surface area is 129 Å². The fourth-order valence-corrected chi connectivity index (χ4v) is 2.32. The number of nitrogens with one attached hydrogen (secondary N) is 3. The zero-order valence-electron chi connectivity index (χ0n) is 12.6. The highest BCUT2D eigenvalue weighted by molar-refractivity contribution is 6.37. The lowest BCUT2D eigenvalue weighted by Crippen LogP contribution is -2.46. The molecule has 0 bridgehead atoms. The Morgan fingerprint density at radius 1 is 1.09 bits per heavy atom. The molecule has 0 radical (unpaired) electrons. The first kappa shape index (κ1) is 16.2. The van der Waals surface area contributed by atoms with E-state index in [1.165, 1.54) is 0 Å². The summed E-state index contributed by atoms with van der Waals surface area (Å²) in [6.45, 7) is 3.74.